The van der Waals surface area contributed by atoms with E-state index in [1.807, 2.05) is 0 Å². The van der Waals surface area contributed by atoms with Crippen LogP contribution in [0, 0.1) is 17.3 Å². The predicted octanol–water partition coefficient (Wildman–Crippen LogP) is 3.97. The highest BCUT2D eigenvalue weighted by atomic mass is 14.5. The van der Waals surface area contributed by atoms with Crippen molar-refractivity contribution in [3.05, 3.63) is 0 Å². The molecule has 0 unspecified atom stereocenters. The number of hydrogen-bond donors (Lipinski definition) is 1. The van der Waals surface area contributed by atoms with Gasteiger partial charge in [-0.2, -0.15) is 0 Å². The van der Waals surface area contributed by atoms with Crippen LogP contribution in [0.5, 0.6) is 0 Å². The molecule has 1 aliphatic rings. The maximum Gasteiger partial charge on any atom is -0.00773 e. The highest BCUT2D eigenvalue weighted by Gasteiger charge is 2.29. The molecule has 1 saturated carbocycles. The summed E-state index contributed by atoms with van der Waals surface area (Å²) >= 11 is 0. The Hall–Kier alpha value is -0.0400. The van der Waals surface area contributed by atoms with Crippen molar-refractivity contribution in [2.24, 2.45) is 23.0 Å². The number of nitrogens with two attached hydrogens (primary N) is 1. The van der Waals surface area contributed by atoms with Crippen LogP contribution in [0.1, 0.15) is 65.7 Å². The van der Waals surface area contributed by atoms with Crippen LogP contribution in [-0.2, 0) is 0 Å². The molecule has 1 heteroatoms. The summed E-state index contributed by atoms with van der Waals surface area (Å²) in [5.74, 6) is 1.97. The van der Waals surface area contributed by atoms with Crippen LogP contribution in [0.2, 0.25) is 0 Å². The Bertz CT molecular complexity index is 161. The first kappa shape index (κ1) is 13.0. The van der Waals surface area contributed by atoms with Crippen molar-refractivity contribution >= 4 is 0 Å². The molecule has 2 N–H and O–H groups in total. The van der Waals surface area contributed by atoms with Crippen LogP contribution < -0.4 is 5.73 Å². The van der Waals surface area contributed by atoms with Gasteiger partial charge >= 0.3 is 0 Å². The summed E-state index contributed by atoms with van der Waals surface area (Å²) in [5, 5.41) is 0. The highest BCUT2D eigenvalue weighted by Crippen LogP contribution is 2.40. The first-order valence-corrected chi connectivity index (χ1v) is 6.74. The second-order valence-corrected chi connectivity index (χ2v) is 6.37. The van der Waals surface area contributed by atoms with Gasteiger partial charge in [0.2, 0.25) is 0 Å². The maximum atomic E-state index is 5.52. The van der Waals surface area contributed by atoms with E-state index in [1.54, 1.807) is 0 Å². The van der Waals surface area contributed by atoms with Crippen molar-refractivity contribution in [2.45, 2.75) is 65.7 Å². The van der Waals surface area contributed by atoms with Gasteiger partial charge in [-0.25, -0.2) is 0 Å². The summed E-state index contributed by atoms with van der Waals surface area (Å²) in [7, 11) is 0. The molecule has 0 spiro atoms. The maximum absolute atomic E-state index is 5.52. The van der Waals surface area contributed by atoms with Crippen molar-refractivity contribution in [1.82, 2.24) is 0 Å². The molecule has 0 aromatic carbocycles. The fraction of sp³-hybridized carbons (Fsp3) is 1.00. The molecule has 15 heavy (non-hydrogen) atoms. The quantitative estimate of drug-likeness (QED) is 0.700. The molecule has 0 aromatic heterocycles. The molecule has 1 fully saturated rings. The van der Waals surface area contributed by atoms with E-state index in [0.29, 0.717) is 5.41 Å². The molecule has 90 valence electrons. The van der Waals surface area contributed by atoms with E-state index < -0.39 is 0 Å². The van der Waals surface area contributed by atoms with Crippen LogP contribution in [0.4, 0.5) is 0 Å². The van der Waals surface area contributed by atoms with Crippen molar-refractivity contribution in [2.75, 3.05) is 6.54 Å². The van der Waals surface area contributed by atoms with E-state index in [4.69, 9.17) is 5.73 Å². The van der Waals surface area contributed by atoms with Gasteiger partial charge in [0, 0.05) is 0 Å². The molecule has 0 amide bonds. The third kappa shape index (κ3) is 4.55. The first-order valence-electron chi connectivity index (χ1n) is 6.74. The molecule has 0 radical (unpaired) electrons. The Morgan fingerprint density at radius 3 is 2.07 bits per heavy atom. The summed E-state index contributed by atoms with van der Waals surface area (Å²) in [4.78, 5) is 0. The molecule has 0 heterocycles. The van der Waals surface area contributed by atoms with Gasteiger partial charge in [0.25, 0.3) is 0 Å². The van der Waals surface area contributed by atoms with E-state index in [9.17, 15) is 0 Å². The van der Waals surface area contributed by atoms with E-state index in [2.05, 4.69) is 20.8 Å². The lowest BCUT2D eigenvalue weighted by Crippen LogP contribution is -2.25. The van der Waals surface area contributed by atoms with Crippen LogP contribution in [0.25, 0.3) is 0 Å². The lowest BCUT2D eigenvalue weighted by atomic mass is 9.69. The molecule has 1 aliphatic carbocycles. The molecule has 1 rings (SSSR count). The van der Waals surface area contributed by atoms with Crippen LogP contribution in [0.3, 0.4) is 0 Å². The highest BCUT2D eigenvalue weighted by molar-refractivity contribution is 4.80. The molecule has 0 saturated heterocycles. The lowest BCUT2D eigenvalue weighted by Gasteiger charge is -2.37. The van der Waals surface area contributed by atoms with Gasteiger partial charge in [0.15, 0.2) is 0 Å². The molecule has 0 atom stereocenters. The standard InChI is InChI=1S/C14H29N/c1-14(2,3)13-9-7-12(8-10-13)6-4-5-11-15/h12-13H,4-11,15H2,1-3H3. The second kappa shape index (κ2) is 5.89. The number of unbranched alkanes of at least 4 members (excludes halogenated alkanes) is 1. The van der Waals surface area contributed by atoms with Gasteiger partial charge in [0.05, 0.1) is 0 Å². The van der Waals surface area contributed by atoms with Crippen molar-refractivity contribution in [3.63, 3.8) is 0 Å². The Kier molecular flexibility index (Phi) is 5.11. The van der Waals surface area contributed by atoms with Crippen molar-refractivity contribution < 1.29 is 0 Å². The second-order valence-electron chi connectivity index (χ2n) is 6.37. The van der Waals surface area contributed by atoms with Crippen LogP contribution >= 0.6 is 0 Å². The zero-order chi connectivity index (χ0) is 11.3. The number of hydrogen-bond acceptors (Lipinski definition) is 1. The summed E-state index contributed by atoms with van der Waals surface area (Å²) in [6, 6.07) is 0. The first-order chi connectivity index (χ1) is 7.04. The molecular formula is C14H29N. The Balaban J connectivity index is 2.18. The lowest BCUT2D eigenvalue weighted by molar-refractivity contribution is 0.145. The van der Waals surface area contributed by atoms with Crippen LogP contribution in [-0.4, -0.2) is 6.54 Å². The molecule has 0 aliphatic heterocycles. The third-order valence-electron chi connectivity index (χ3n) is 4.14. The van der Waals surface area contributed by atoms with Gasteiger partial charge in [-0.05, 0) is 43.1 Å². The Morgan fingerprint density at radius 1 is 1.00 bits per heavy atom. The topological polar surface area (TPSA) is 26.0 Å². The summed E-state index contributed by atoms with van der Waals surface area (Å²) in [5.41, 5.74) is 6.05. The molecule has 0 bridgehead atoms. The van der Waals surface area contributed by atoms with Gasteiger partial charge in [-0.1, -0.05) is 46.5 Å². The number of rotatable bonds is 4. The predicted molar refractivity (Wildman–Crippen MR) is 67.8 cm³/mol. The zero-order valence-corrected chi connectivity index (χ0v) is 10.9. The summed E-state index contributed by atoms with van der Waals surface area (Å²) < 4.78 is 0. The monoisotopic (exact) mass is 211 g/mol. The van der Waals surface area contributed by atoms with E-state index in [-0.39, 0.29) is 0 Å². The van der Waals surface area contributed by atoms with Crippen molar-refractivity contribution in [3.8, 4) is 0 Å². The Labute approximate surface area is 95.8 Å². The smallest absolute Gasteiger partial charge is 0.00773 e. The molecular weight excluding hydrogens is 182 g/mol. The largest absolute Gasteiger partial charge is 0.330 e. The van der Waals surface area contributed by atoms with Crippen LogP contribution in [0.15, 0.2) is 0 Å². The van der Waals surface area contributed by atoms with Gasteiger partial charge in [0.1, 0.15) is 0 Å². The summed E-state index contributed by atoms with van der Waals surface area (Å²) in [6.45, 7) is 8.06. The Morgan fingerprint density at radius 2 is 1.60 bits per heavy atom. The fourth-order valence-electron chi connectivity index (χ4n) is 2.89. The van der Waals surface area contributed by atoms with E-state index in [0.717, 1.165) is 18.4 Å². The van der Waals surface area contributed by atoms with Gasteiger partial charge < -0.3 is 5.73 Å². The van der Waals surface area contributed by atoms with E-state index in [1.165, 1.54) is 44.9 Å². The normalized spacial score (nSPS) is 28.0. The third-order valence-corrected chi connectivity index (χ3v) is 4.14. The van der Waals surface area contributed by atoms with E-state index >= 15 is 0 Å². The average molecular weight is 211 g/mol. The summed E-state index contributed by atoms with van der Waals surface area (Å²) in [6.07, 6.45) is 9.83. The van der Waals surface area contributed by atoms with Gasteiger partial charge in [-0.3, -0.25) is 0 Å². The fourth-order valence-corrected chi connectivity index (χ4v) is 2.89. The molecule has 0 aromatic rings. The SMILES string of the molecule is CC(C)(C)C1CCC(CCCCN)CC1. The zero-order valence-electron chi connectivity index (χ0n) is 10.9. The minimum absolute atomic E-state index is 0.530. The minimum Gasteiger partial charge on any atom is -0.330 e. The average Bonchev–Trinajstić information content (AvgIpc) is 2.18. The van der Waals surface area contributed by atoms with Crippen molar-refractivity contribution in [1.29, 1.82) is 0 Å². The molecule has 1 nitrogen and oxygen atoms in total. The van der Waals surface area contributed by atoms with Gasteiger partial charge in [-0.15, -0.1) is 0 Å². The minimum atomic E-state index is 0.530.